The molecule has 0 heterocycles. The lowest BCUT2D eigenvalue weighted by Gasteiger charge is -2.12. The van der Waals surface area contributed by atoms with Crippen molar-refractivity contribution >= 4 is 12.0 Å². The Kier molecular flexibility index (Phi) is 5.08. The van der Waals surface area contributed by atoms with Crippen LogP contribution in [0.15, 0.2) is 0 Å². The third-order valence-corrected chi connectivity index (χ3v) is 3.03. The summed E-state index contributed by atoms with van der Waals surface area (Å²) in [5, 5.41) is 13.6. The fourth-order valence-electron chi connectivity index (χ4n) is 2.00. The number of hydrogen-bond acceptors (Lipinski definition) is 2. The SMILES string of the molecule is CC(NC(=O)NCCC1CCCC1)C(=O)O. The molecule has 0 aliphatic heterocycles. The molecule has 1 unspecified atom stereocenters. The minimum absolute atomic E-state index is 0.395. The maximum Gasteiger partial charge on any atom is 0.325 e. The highest BCUT2D eigenvalue weighted by Gasteiger charge is 2.16. The number of hydrogen-bond donors (Lipinski definition) is 3. The summed E-state index contributed by atoms with van der Waals surface area (Å²) >= 11 is 0. The number of carboxylic acid groups (broad SMARTS) is 1. The molecule has 0 spiro atoms. The third kappa shape index (κ3) is 4.51. The quantitative estimate of drug-likeness (QED) is 0.664. The zero-order valence-electron chi connectivity index (χ0n) is 9.66. The van der Waals surface area contributed by atoms with Crippen LogP contribution in [0.25, 0.3) is 0 Å². The highest BCUT2D eigenvalue weighted by Crippen LogP contribution is 2.26. The molecule has 16 heavy (non-hydrogen) atoms. The topological polar surface area (TPSA) is 78.4 Å². The molecule has 0 aromatic carbocycles. The first-order chi connectivity index (χ1) is 7.59. The second-order valence-electron chi connectivity index (χ2n) is 4.40. The second kappa shape index (κ2) is 6.35. The van der Waals surface area contributed by atoms with Crippen molar-refractivity contribution < 1.29 is 14.7 Å². The lowest BCUT2D eigenvalue weighted by Crippen LogP contribution is -2.44. The molecule has 3 N–H and O–H groups in total. The Balaban J connectivity index is 2.07. The molecule has 0 saturated heterocycles. The molecule has 1 rings (SSSR count). The Morgan fingerprint density at radius 3 is 2.56 bits per heavy atom. The van der Waals surface area contributed by atoms with E-state index in [9.17, 15) is 9.59 Å². The first-order valence-corrected chi connectivity index (χ1v) is 5.86. The van der Waals surface area contributed by atoms with E-state index >= 15 is 0 Å². The number of nitrogens with one attached hydrogen (secondary N) is 2. The van der Waals surface area contributed by atoms with Gasteiger partial charge in [-0.1, -0.05) is 25.7 Å². The highest BCUT2D eigenvalue weighted by molar-refractivity contribution is 5.82. The summed E-state index contributed by atoms with van der Waals surface area (Å²) in [7, 11) is 0. The van der Waals surface area contributed by atoms with Crippen LogP contribution in [0, 0.1) is 5.92 Å². The Hall–Kier alpha value is -1.26. The lowest BCUT2D eigenvalue weighted by atomic mass is 10.0. The van der Waals surface area contributed by atoms with Crippen molar-refractivity contribution in [3.05, 3.63) is 0 Å². The maximum absolute atomic E-state index is 11.2. The van der Waals surface area contributed by atoms with Crippen molar-refractivity contribution in [2.75, 3.05) is 6.54 Å². The number of carbonyl (C=O) groups excluding carboxylic acids is 1. The van der Waals surface area contributed by atoms with Crippen LogP contribution >= 0.6 is 0 Å². The lowest BCUT2D eigenvalue weighted by molar-refractivity contribution is -0.138. The van der Waals surface area contributed by atoms with Crippen LogP contribution in [0.3, 0.4) is 0 Å². The zero-order chi connectivity index (χ0) is 12.0. The Morgan fingerprint density at radius 1 is 1.38 bits per heavy atom. The van der Waals surface area contributed by atoms with Gasteiger partial charge in [0.25, 0.3) is 0 Å². The van der Waals surface area contributed by atoms with Crippen LogP contribution in [0.5, 0.6) is 0 Å². The van der Waals surface area contributed by atoms with Gasteiger partial charge in [-0.25, -0.2) is 4.79 Å². The average molecular weight is 228 g/mol. The molecule has 92 valence electrons. The van der Waals surface area contributed by atoms with Crippen molar-refractivity contribution in [1.29, 1.82) is 0 Å². The van der Waals surface area contributed by atoms with E-state index in [1.807, 2.05) is 0 Å². The molecule has 1 saturated carbocycles. The van der Waals surface area contributed by atoms with Gasteiger partial charge in [0.1, 0.15) is 6.04 Å². The largest absolute Gasteiger partial charge is 0.480 e. The van der Waals surface area contributed by atoms with Gasteiger partial charge in [0.15, 0.2) is 0 Å². The van der Waals surface area contributed by atoms with Crippen molar-refractivity contribution in [2.45, 2.75) is 45.1 Å². The average Bonchev–Trinajstić information content (AvgIpc) is 2.70. The van der Waals surface area contributed by atoms with Gasteiger partial charge in [-0.15, -0.1) is 0 Å². The van der Waals surface area contributed by atoms with E-state index < -0.39 is 18.0 Å². The third-order valence-electron chi connectivity index (χ3n) is 3.03. The first kappa shape index (κ1) is 12.8. The van der Waals surface area contributed by atoms with Gasteiger partial charge in [-0.3, -0.25) is 4.79 Å². The predicted molar refractivity (Wildman–Crippen MR) is 60.2 cm³/mol. The number of rotatable bonds is 5. The van der Waals surface area contributed by atoms with Crippen LogP contribution < -0.4 is 10.6 Å². The normalized spacial score (nSPS) is 18.1. The summed E-state index contributed by atoms with van der Waals surface area (Å²) in [4.78, 5) is 21.7. The minimum Gasteiger partial charge on any atom is -0.480 e. The van der Waals surface area contributed by atoms with Crippen LogP contribution in [-0.2, 0) is 4.79 Å². The number of carboxylic acids is 1. The van der Waals surface area contributed by atoms with Crippen LogP contribution in [0.2, 0.25) is 0 Å². The molecule has 1 atom stereocenters. The van der Waals surface area contributed by atoms with E-state index in [0.29, 0.717) is 6.54 Å². The molecule has 0 aromatic rings. The van der Waals surface area contributed by atoms with E-state index in [0.717, 1.165) is 12.3 Å². The number of aliphatic carboxylic acids is 1. The van der Waals surface area contributed by atoms with Gasteiger partial charge >= 0.3 is 12.0 Å². The standard InChI is InChI=1S/C11H20N2O3/c1-8(10(14)15)13-11(16)12-7-6-9-4-2-3-5-9/h8-9H,2-7H2,1H3,(H,14,15)(H2,12,13,16). The zero-order valence-corrected chi connectivity index (χ0v) is 9.66. The van der Waals surface area contributed by atoms with Crippen molar-refractivity contribution in [3.63, 3.8) is 0 Å². The summed E-state index contributed by atoms with van der Waals surface area (Å²) in [5.74, 6) is -0.289. The van der Waals surface area contributed by atoms with E-state index in [1.165, 1.54) is 32.6 Å². The fraction of sp³-hybridized carbons (Fsp3) is 0.818. The van der Waals surface area contributed by atoms with Gasteiger partial charge in [0.05, 0.1) is 0 Å². The summed E-state index contributed by atoms with van der Waals surface area (Å²) in [5.41, 5.74) is 0. The van der Waals surface area contributed by atoms with Gasteiger partial charge in [-0.2, -0.15) is 0 Å². The molecule has 5 nitrogen and oxygen atoms in total. The smallest absolute Gasteiger partial charge is 0.325 e. The van der Waals surface area contributed by atoms with Crippen molar-refractivity contribution in [1.82, 2.24) is 10.6 Å². The number of amides is 2. The Morgan fingerprint density at radius 2 is 2.00 bits per heavy atom. The van der Waals surface area contributed by atoms with Gasteiger partial charge in [0, 0.05) is 6.54 Å². The molecule has 0 radical (unpaired) electrons. The van der Waals surface area contributed by atoms with Crippen molar-refractivity contribution in [2.24, 2.45) is 5.92 Å². The molecular formula is C11H20N2O3. The molecule has 5 heteroatoms. The first-order valence-electron chi connectivity index (χ1n) is 5.86. The molecule has 0 aromatic heterocycles. The van der Waals surface area contributed by atoms with E-state index in [1.54, 1.807) is 0 Å². The van der Waals surface area contributed by atoms with Gasteiger partial charge in [-0.05, 0) is 19.3 Å². The van der Waals surface area contributed by atoms with Crippen molar-refractivity contribution in [3.8, 4) is 0 Å². The summed E-state index contributed by atoms with van der Waals surface area (Å²) in [6.45, 7) is 2.07. The number of carbonyl (C=O) groups is 2. The van der Waals surface area contributed by atoms with Crippen LogP contribution in [-0.4, -0.2) is 29.7 Å². The van der Waals surface area contributed by atoms with Gasteiger partial charge < -0.3 is 15.7 Å². The molecule has 1 aliphatic carbocycles. The summed E-state index contributed by atoms with van der Waals surface area (Å²) in [6.07, 6.45) is 6.11. The highest BCUT2D eigenvalue weighted by atomic mass is 16.4. The molecular weight excluding hydrogens is 208 g/mol. The summed E-state index contributed by atoms with van der Waals surface area (Å²) < 4.78 is 0. The Labute approximate surface area is 95.6 Å². The van der Waals surface area contributed by atoms with E-state index in [2.05, 4.69) is 10.6 Å². The monoisotopic (exact) mass is 228 g/mol. The van der Waals surface area contributed by atoms with Gasteiger partial charge in [0.2, 0.25) is 0 Å². The molecule has 0 bridgehead atoms. The summed E-state index contributed by atoms with van der Waals surface area (Å²) in [6, 6.07) is -1.24. The molecule has 1 fully saturated rings. The van der Waals surface area contributed by atoms with E-state index in [4.69, 9.17) is 5.11 Å². The minimum atomic E-state index is -1.02. The fourth-order valence-corrected chi connectivity index (χ4v) is 2.00. The Bertz CT molecular complexity index is 250. The van der Waals surface area contributed by atoms with Crippen LogP contribution in [0.1, 0.15) is 39.0 Å². The number of urea groups is 1. The molecule has 2 amide bonds. The van der Waals surface area contributed by atoms with E-state index in [-0.39, 0.29) is 0 Å². The van der Waals surface area contributed by atoms with Crippen LogP contribution in [0.4, 0.5) is 4.79 Å². The molecule has 1 aliphatic rings. The second-order valence-corrected chi connectivity index (χ2v) is 4.40. The maximum atomic E-state index is 11.2. The predicted octanol–water partition coefficient (Wildman–Crippen LogP) is 1.34.